The van der Waals surface area contributed by atoms with E-state index in [0.29, 0.717) is 51.4 Å². The van der Waals surface area contributed by atoms with Crippen molar-refractivity contribution in [3.05, 3.63) is 24.3 Å². The summed E-state index contributed by atoms with van der Waals surface area (Å²) in [7, 11) is 0. The molecule has 12 unspecified atom stereocenters. The second kappa shape index (κ2) is 27.1. The zero-order valence-corrected chi connectivity index (χ0v) is 42.6. The number of hydrogen-bond donors (Lipinski definition) is 15. The highest BCUT2D eigenvalue weighted by Crippen LogP contribution is 2.44. The van der Waals surface area contributed by atoms with Gasteiger partial charge in [0.2, 0.25) is 0 Å². The number of hydrogen-bond acceptors (Lipinski definition) is 25. The third kappa shape index (κ3) is 14.8. The Kier molecular flexibility index (Phi) is 21.3. The highest BCUT2D eigenvalue weighted by atomic mass is 16.8. The van der Waals surface area contributed by atoms with Gasteiger partial charge in [-0.3, -0.25) is 0 Å². The first-order valence-electron chi connectivity index (χ1n) is 27.2. The molecule has 8 rings (SSSR count). The van der Waals surface area contributed by atoms with E-state index in [9.17, 15) is 86.2 Å². The molecule has 27 atom stereocenters. The summed E-state index contributed by atoms with van der Waals surface area (Å²) in [6, 6.07) is 0. The number of aliphatic hydroxyl groups is 17. The molecule has 0 bridgehead atoms. The van der Waals surface area contributed by atoms with Crippen LogP contribution in [-0.4, -0.2) is 266 Å². The minimum Gasteiger partial charge on any atom is -0.460 e. The Morgan fingerprint density at radius 3 is 1.51 bits per heavy atom. The number of aliphatic hydroxyl groups excluding tert-OH is 15. The van der Waals surface area contributed by atoms with Crippen LogP contribution < -0.4 is 0 Å². The fraction of sp³-hybridized carbons (Fsp3) is 0.882. The van der Waals surface area contributed by atoms with Crippen LogP contribution in [0.3, 0.4) is 0 Å². The first-order chi connectivity index (χ1) is 36.7. The SMILES string of the molecule is O=C(C=CC1CCC(O)C(O)C1)OC[C@H]1O[C@@H](O[C@H]2[C@H](OC3CC4C(O[C@@H]5O[C@H](CO)[C@@H](O)[C@H](O)[C@H]5O)CC(O)CC4[OH+]C3C3CCC(O)CC3)O[C@H](COC(=O)C=CC3CCC(O)C(O)C3)[C@@H](O)[C@@H]2O)[C@H](O)[C@@H](O)[C@@H]1O. The van der Waals surface area contributed by atoms with Crippen molar-refractivity contribution in [3.63, 3.8) is 0 Å². The molecule has 0 aromatic carbocycles. The maximum Gasteiger partial charge on any atom is 0.330 e. The summed E-state index contributed by atoms with van der Waals surface area (Å²) < 4.78 is 53.2. The number of fused-ring (bicyclic) bond motifs is 1. The molecule has 4 aliphatic carbocycles. The summed E-state index contributed by atoms with van der Waals surface area (Å²) in [5.74, 6) is -3.06. The molecule has 26 nitrogen and oxygen atoms in total. The van der Waals surface area contributed by atoms with E-state index in [2.05, 4.69) is 0 Å². The van der Waals surface area contributed by atoms with E-state index in [4.69, 9.17) is 42.6 Å². The van der Waals surface area contributed by atoms with Gasteiger partial charge < -0.3 is 119 Å². The minimum absolute atomic E-state index is 0.00598. The second-order valence-electron chi connectivity index (χ2n) is 22.4. The number of carbonyl (C=O) groups excluding carboxylic acids is 2. The summed E-state index contributed by atoms with van der Waals surface area (Å²) in [6.45, 7) is -2.06. The van der Waals surface area contributed by atoms with Crippen LogP contribution in [0, 0.1) is 23.7 Å². The Morgan fingerprint density at radius 2 is 0.961 bits per heavy atom. The third-order valence-corrected chi connectivity index (χ3v) is 17.0. The number of allylic oxidation sites excluding steroid dienone is 2. The normalized spacial score (nSPS) is 49.1. The fourth-order valence-electron chi connectivity index (χ4n) is 12.3. The molecule has 0 spiro atoms. The van der Waals surface area contributed by atoms with Crippen molar-refractivity contribution in [1.29, 1.82) is 0 Å². The first-order valence-corrected chi connectivity index (χ1v) is 27.2. The molecule has 16 N–H and O–H groups in total. The molecule has 4 saturated heterocycles. The van der Waals surface area contributed by atoms with E-state index in [1.54, 1.807) is 0 Å². The van der Waals surface area contributed by atoms with Crippen molar-refractivity contribution in [2.45, 2.75) is 237 Å². The lowest BCUT2D eigenvalue weighted by atomic mass is 9.73. The van der Waals surface area contributed by atoms with Gasteiger partial charge in [0, 0.05) is 30.9 Å². The van der Waals surface area contributed by atoms with Gasteiger partial charge in [-0.05, 0) is 82.5 Å². The molecule has 8 aliphatic rings. The number of ether oxygens (including phenoxy) is 9. The molecular formula is C51H81O26+. The van der Waals surface area contributed by atoms with Gasteiger partial charge >= 0.3 is 11.9 Å². The number of carbonyl (C=O) groups is 2. The van der Waals surface area contributed by atoms with Crippen LogP contribution in [0.2, 0.25) is 0 Å². The average Bonchev–Trinajstić information content (AvgIpc) is 3.42. The lowest BCUT2D eigenvalue weighted by Gasteiger charge is -2.50. The van der Waals surface area contributed by atoms with Crippen LogP contribution >= 0.6 is 0 Å². The van der Waals surface area contributed by atoms with Gasteiger partial charge in [-0.25, -0.2) is 9.59 Å². The lowest BCUT2D eigenvalue weighted by molar-refractivity contribution is -0.389. The summed E-state index contributed by atoms with van der Waals surface area (Å²) in [5.41, 5.74) is 0. The van der Waals surface area contributed by atoms with Gasteiger partial charge in [0.1, 0.15) is 92.6 Å². The summed E-state index contributed by atoms with van der Waals surface area (Å²) in [6.07, 6.45) is -25.4. The van der Waals surface area contributed by atoms with E-state index in [0.717, 1.165) is 12.2 Å². The zero-order chi connectivity index (χ0) is 55.4. The predicted molar refractivity (Wildman–Crippen MR) is 256 cm³/mol. The van der Waals surface area contributed by atoms with Crippen molar-refractivity contribution in [1.82, 2.24) is 0 Å². The summed E-state index contributed by atoms with van der Waals surface area (Å²) in [5, 5.41) is 160. The number of esters is 2. The standard InChI is InChI=1S/C51H80O26/c52-18-34-39(61)42(64)45(67)49(74-34)72-32-16-25(54)15-31-26(32)17-33(47(71-31)23-5-7-24(53)8-6-23)73-51-48(44(66)41(63)36(76-51)20-70-38(60)12-4-22-2-10-28(56)30(58)14-22)77-50-46(68)43(65)40(62)35(75-50)19-69-37(59)11-3-21-1-9-27(55)29(57)13-21/h3-4,11-12,21-36,39-58,61-68H,1-2,5-10,13-20H2/p+1/t21?,22?,23?,24?,25?,26?,27?,28?,29?,30?,31?,32?,33?,34-,35-,36-,39-,40-,41-,42+,43+,44+,45-,46-,47?,48-,49-,50+,51-/m1/s1. The van der Waals surface area contributed by atoms with Gasteiger partial charge in [0.15, 0.2) is 31.1 Å². The third-order valence-electron chi connectivity index (χ3n) is 17.0. The molecule has 4 aliphatic heterocycles. The Morgan fingerprint density at radius 1 is 0.468 bits per heavy atom. The Hall–Kier alpha value is -2.46. The zero-order valence-electron chi connectivity index (χ0n) is 42.6. The van der Waals surface area contributed by atoms with E-state index < -0.39 is 191 Å². The molecule has 77 heavy (non-hydrogen) atoms. The lowest BCUT2D eigenvalue weighted by Crippen LogP contribution is -2.66. The topological polar surface area (TPSA) is 424 Å². The molecule has 8 fully saturated rings. The highest BCUT2D eigenvalue weighted by molar-refractivity contribution is 5.82. The van der Waals surface area contributed by atoms with Crippen molar-refractivity contribution >= 4 is 11.9 Å². The van der Waals surface area contributed by atoms with Crippen LogP contribution in [0.25, 0.3) is 0 Å². The van der Waals surface area contributed by atoms with Crippen LogP contribution in [0.15, 0.2) is 24.3 Å². The Labute approximate surface area is 444 Å². The summed E-state index contributed by atoms with van der Waals surface area (Å²) in [4.78, 5) is 25.9. The van der Waals surface area contributed by atoms with E-state index in [1.165, 1.54) is 12.2 Å². The molecule has 0 amide bonds. The predicted octanol–water partition coefficient (Wildman–Crippen LogP) is -5.57. The Bertz CT molecular complexity index is 1940. The second-order valence-corrected chi connectivity index (χ2v) is 22.4. The van der Waals surface area contributed by atoms with E-state index >= 15 is 0 Å². The van der Waals surface area contributed by atoms with Gasteiger partial charge in [0.25, 0.3) is 0 Å². The largest absolute Gasteiger partial charge is 0.460 e. The van der Waals surface area contributed by atoms with Crippen LogP contribution in [-0.2, 0) is 47.5 Å². The van der Waals surface area contributed by atoms with Crippen molar-refractivity contribution < 1.29 is 129 Å². The molecule has 0 aromatic rings. The Balaban J connectivity index is 1.03. The van der Waals surface area contributed by atoms with Gasteiger partial charge in [-0.1, -0.05) is 12.2 Å². The quantitative estimate of drug-likeness (QED) is 0.0389. The van der Waals surface area contributed by atoms with Crippen molar-refractivity contribution in [3.8, 4) is 0 Å². The van der Waals surface area contributed by atoms with Crippen molar-refractivity contribution in [2.75, 3.05) is 19.8 Å². The molecule has 440 valence electrons. The van der Waals surface area contributed by atoms with E-state index in [-0.39, 0.29) is 49.9 Å². The highest BCUT2D eigenvalue weighted by Gasteiger charge is 2.58. The van der Waals surface area contributed by atoms with Gasteiger partial charge in [-0.15, -0.1) is 0 Å². The van der Waals surface area contributed by atoms with Crippen molar-refractivity contribution in [2.24, 2.45) is 23.7 Å². The van der Waals surface area contributed by atoms with Crippen LogP contribution in [0.5, 0.6) is 0 Å². The molecule has 26 heteroatoms. The molecular weight excluding hydrogens is 1030 g/mol. The minimum atomic E-state index is -2.03. The molecule has 0 radical (unpaired) electrons. The van der Waals surface area contributed by atoms with Crippen LogP contribution in [0.1, 0.15) is 83.5 Å². The fourth-order valence-corrected chi connectivity index (χ4v) is 12.3. The van der Waals surface area contributed by atoms with Crippen LogP contribution in [0.4, 0.5) is 0 Å². The smallest absolute Gasteiger partial charge is 0.330 e. The molecule has 4 saturated carbocycles. The maximum absolute atomic E-state index is 13.1. The number of rotatable bonds is 16. The van der Waals surface area contributed by atoms with Gasteiger partial charge in [-0.2, -0.15) is 0 Å². The monoisotopic (exact) mass is 1110 g/mol. The maximum atomic E-state index is 13.1. The van der Waals surface area contributed by atoms with Gasteiger partial charge in [0.05, 0.1) is 55.3 Å². The van der Waals surface area contributed by atoms with E-state index in [1.807, 2.05) is 0 Å². The summed E-state index contributed by atoms with van der Waals surface area (Å²) >= 11 is 0. The average molecular weight is 1110 g/mol. The molecule has 0 aromatic heterocycles. The first kappa shape index (κ1) is 60.6. The molecule has 4 heterocycles.